The first-order valence-electron chi connectivity index (χ1n) is 3.27. The zero-order chi connectivity index (χ0) is 9.46. The number of benzene rings is 1. The summed E-state index contributed by atoms with van der Waals surface area (Å²) in [7, 11) is 0. The molecular weight excluding hydrogens is 258 g/mol. The average Bonchev–Trinajstić information content (AvgIpc) is 2.08. The first-order chi connectivity index (χ1) is 5.46. The van der Waals surface area contributed by atoms with Gasteiger partial charge in [0.05, 0.1) is 15.1 Å². The largest absolute Gasteiger partial charge is 1.00 e. The zero-order valence-corrected chi connectivity index (χ0v) is 12.9. The van der Waals surface area contributed by atoms with Gasteiger partial charge in [-0.25, -0.2) is 0 Å². The predicted octanol–water partition coefficient (Wildman–Crippen LogP) is 0.341. The van der Waals surface area contributed by atoms with Crippen LogP contribution in [-0.2, 0) is 0 Å². The monoisotopic (exact) mass is 262 g/mol. The van der Waals surface area contributed by atoms with Crippen LogP contribution >= 0.6 is 34.8 Å². The summed E-state index contributed by atoms with van der Waals surface area (Å²) in [4.78, 5) is 0. The Morgan fingerprint density at radius 1 is 0.846 bits per heavy atom. The molecule has 0 aliphatic carbocycles. The van der Waals surface area contributed by atoms with Crippen LogP contribution < -0.4 is 56.5 Å². The molecule has 1 aromatic rings. The summed E-state index contributed by atoms with van der Waals surface area (Å²) < 4.78 is 0. The Bertz CT molecular complexity index is 234. The van der Waals surface area contributed by atoms with Gasteiger partial charge in [0.25, 0.3) is 0 Å². The van der Waals surface area contributed by atoms with Gasteiger partial charge in [-0.2, -0.15) is 0 Å². The second-order valence-electron chi connectivity index (χ2n) is 2.52. The molecule has 0 aliphatic rings. The minimum Gasteiger partial charge on any atom is -0.871 e. The van der Waals surface area contributed by atoms with Gasteiger partial charge in [0.1, 0.15) is 0 Å². The summed E-state index contributed by atoms with van der Waals surface area (Å²) in [6.07, 6.45) is 0. The van der Waals surface area contributed by atoms with E-state index in [-0.39, 0.29) is 67.2 Å². The SMILES string of the molecule is Cc1c(C)c(Cl)c(Cl)c(Cl)c1[O-].[K+]. The normalized spacial score (nSPS) is 9.62. The predicted molar refractivity (Wildman–Crippen MR) is 50.4 cm³/mol. The van der Waals surface area contributed by atoms with Gasteiger partial charge in [-0.3, -0.25) is 0 Å². The summed E-state index contributed by atoms with van der Waals surface area (Å²) >= 11 is 17.1. The van der Waals surface area contributed by atoms with E-state index in [0.29, 0.717) is 16.1 Å². The van der Waals surface area contributed by atoms with Crippen molar-refractivity contribution >= 4 is 34.8 Å². The van der Waals surface area contributed by atoms with Crippen molar-refractivity contribution in [3.63, 3.8) is 0 Å². The molecular formula is C8H6Cl3KO. The van der Waals surface area contributed by atoms with Gasteiger partial charge >= 0.3 is 51.4 Å². The van der Waals surface area contributed by atoms with Crippen molar-refractivity contribution in [3.8, 4) is 5.75 Å². The first-order valence-corrected chi connectivity index (χ1v) is 4.40. The van der Waals surface area contributed by atoms with E-state index >= 15 is 0 Å². The van der Waals surface area contributed by atoms with Crippen molar-refractivity contribution in [3.05, 3.63) is 26.2 Å². The van der Waals surface area contributed by atoms with E-state index in [2.05, 4.69) is 0 Å². The van der Waals surface area contributed by atoms with Gasteiger partial charge in [-0.1, -0.05) is 46.1 Å². The van der Waals surface area contributed by atoms with Crippen molar-refractivity contribution in [2.75, 3.05) is 0 Å². The number of halogens is 3. The molecule has 0 saturated carbocycles. The topological polar surface area (TPSA) is 23.1 Å². The molecule has 0 unspecified atom stereocenters. The van der Waals surface area contributed by atoms with Gasteiger partial charge in [0, 0.05) is 0 Å². The van der Waals surface area contributed by atoms with E-state index in [1.807, 2.05) is 0 Å². The molecule has 0 aromatic heterocycles. The molecule has 0 heterocycles. The van der Waals surface area contributed by atoms with Crippen LogP contribution in [0, 0.1) is 13.8 Å². The average molecular weight is 264 g/mol. The second-order valence-corrected chi connectivity index (χ2v) is 3.65. The Morgan fingerprint density at radius 3 is 1.77 bits per heavy atom. The van der Waals surface area contributed by atoms with Gasteiger partial charge in [-0.05, 0) is 19.4 Å². The van der Waals surface area contributed by atoms with Crippen molar-refractivity contribution < 1.29 is 56.5 Å². The molecule has 1 nitrogen and oxygen atoms in total. The Balaban J connectivity index is 0.00000144. The summed E-state index contributed by atoms with van der Waals surface area (Å²) in [6, 6.07) is 0. The maximum Gasteiger partial charge on any atom is 1.00 e. The minimum atomic E-state index is -0.247. The van der Waals surface area contributed by atoms with E-state index in [0.717, 1.165) is 0 Å². The van der Waals surface area contributed by atoms with Crippen molar-refractivity contribution in [2.24, 2.45) is 0 Å². The van der Waals surface area contributed by atoms with Gasteiger partial charge in [-0.15, -0.1) is 0 Å². The van der Waals surface area contributed by atoms with E-state index in [4.69, 9.17) is 34.8 Å². The molecule has 0 N–H and O–H groups in total. The maximum absolute atomic E-state index is 11.3. The quantitative estimate of drug-likeness (QED) is 0.489. The third kappa shape index (κ3) is 2.76. The van der Waals surface area contributed by atoms with Crippen molar-refractivity contribution in [1.29, 1.82) is 0 Å². The molecule has 66 valence electrons. The van der Waals surface area contributed by atoms with E-state index in [9.17, 15) is 5.11 Å². The molecule has 0 spiro atoms. The van der Waals surface area contributed by atoms with Gasteiger partial charge in [0.15, 0.2) is 0 Å². The van der Waals surface area contributed by atoms with Gasteiger partial charge in [0.2, 0.25) is 0 Å². The van der Waals surface area contributed by atoms with Crippen molar-refractivity contribution in [2.45, 2.75) is 13.8 Å². The minimum absolute atomic E-state index is 0. The third-order valence-corrected chi connectivity index (χ3v) is 3.22. The Hall–Kier alpha value is 1.53. The first kappa shape index (κ1) is 14.5. The summed E-state index contributed by atoms with van der Waals surface area (Å²) in [6.45, 7) is 3.41. The zero-order valence-electron chi connectivity index (χ0n) is 7.54. The Labute approximate surface area is 135 Å². The van der Waals surface area contributed by atoms with Crippen LogP contribution in [0.4, 0.5) is 0 Å². The van der Waals surface area contributed by atoms with E-state index in [1.54, 1.807) is 13.8 Å². The van der Waals surface area contributed by atoms with Crippen LogP contribution in [-0.4, -0.2) is 0 Å². The van der Waals surface area contributed by atoms with Crippen LogP contribution in [0.25, 0.3) is 0 Å². The summed E-state index contributed by atoms with van der Waals surface area (Å²) in [5, 5.41) is 11.8. The standard InChI is InChI=1S/C8H7Cl3O.K/c1-3-4(2)8(12)7(11)6(10)5(3)9;/h12H,1-2H3;/q;+1/p-1. The number of hydrogen-bond acceptors (Lipinski definition) is 1. The molecule has 0 bridgehead atoms. The van der Waals surface area contributed by atoms with E-state index < -0.39 is 0 Å². The fourth-order valence-corrected chi connectivity index (χ4v) is 1.61. The molecule has 13 heavy (non-hydrogen) atoms. The fraction of sp³-hybridized carbons (Fsp3) is 0.250. The van der Waals surface area contributed by atoms with E-state index in [1.165, 1.54) is 0 Å². The van der Waals surface area contributed by atoms with Crippen LogP contribution in [0.2, 0.25) is 15.1 Å². The molecule has 0 fully saturated rings. The summed E-state index contributed by atoms with van der Waals surface area (Å²) in [5.41, 5.74) is 1.24. The van der Waals surface area contributed by atoms with Crippen molar-refractivity contribution in [1.82, 2.24) is 0 Å². The molecule has 5 heteroatoms. The molecule has 0 aliphatic heterocycles. The molecule has 0 atom stereocenters. The third-order valence-electron chi connectivity index (χ3n) is 1.82. The smallest absolute Gasteiger partial charge is 0.871 e. The molecule has 1 rings (SSSR count). The number of rotatable bonds is 0. The molecule has 0 saturated heterocycles. The van der Waals surface area contributed by atoms with Crippen LogP contribution in [0.1, 0.15) is 11.1 Å². The van der Waals surface area contributed by atoms with Crippen LogP contribution in [0.3, 0.4) is 0 Å². The Kier molecular flexibility index (Phi) is 6.22. The van der Waals surface area contributed by atoms with Crippen LogP contribution in [0.5, 0.6) is 5.75 Å². The number of hydrogen-bond donors (Lipinski definition) is 0. The second kappa shape index (κ2) is 5.57. The Morgan fingerprint density at radius 2 is 1.31 bits per heavy atom. The molecule has 1 aromatic carbocycles. The van der Waals surface area contributed by atoms with Crippen LogP contribution in [0.15, 0.2) is 0 Å². The summed E-state index contributed by atoms with van der Waals surface area (Å²) in [5.74, 6) is -0.247. The fourth-order valence-electron chi connectivity index (χ4n) is 0.860. The molecule has 0 radical (unpaired) electrons. The maximum atomic E-state index is 11.3. The molecule has 0 amide bonds. The van der Waals surface area contributed by atoms with Gasteiger partial charge < -0.3 is 5.11 Å².